The van der Waals surface area contributed by atoms with Crippen LogP contribution in [0.2, 0.25) is 0 Å². The summed E-state index contributed by atoms with van der Waals surface area (Å²) in [5.74, 6) is 0.902. The molecule has 0 aromatic rings. The van der Waals surface area contributed by atoms with Crippen LogP contribution in [0.3, 0.4) is 0 Å². The van der Waals surface area contributed by atoms with E-state index in [2.05, 4.69) is 55.4 Å². The summed E-state index contributed by atoms with van der Waals surface area (Å²) in [6, 6.07) is 0. The third kappa shape index (κ3) is 72.2. The van der Waals surface area contributed by atoms with Gasteiger partial charge in [-0.1, -0.05) is 344 Å². The number of esters is 4. The Hall–Kier alpha value is -1.94. The maximum absolute atomic E-state index is 13.1. The maximum atomic E-state index is 13.1. The first kappa shape index (κ1) is 95.1. The summed E-state index contributed by atoms with van der Waals surface area (Å²) in [5.41, 5.74) is 0. The van der Waals surface area contributed by atoms with Crippen molar-refractivity contribution in [3.05, 3.63) is 0 Å². The molecule has 0 amide bonds. The van der Waals surface area contributed by atoms with Crippen molar-refractivity contribution in [3.63, 3.8) is 0 Å². The number of aliphatic hydroxyl groups excluding tert-OH is 1. The van der Waals surface area contributed by atoms with E-state index < -0.39 is 97.5 Å². The van der Waals surface area contributed by atoms with Crippen molar-refractivity contribution in [2.24, 2.45) is 23.7 Å². The molecule has 0 fully saturated rings. The van der Waals surface area contributed by atoms with Gasteiger partial charge in [0.15, 0.2) is 12.2 Å². The van der Waals surface area contributed by atoms with E-state index in [0.29, 0.717) is 37.5 Å². The minimum atomic E-state index is -4.96. The lowest BCUT2D eigenvalue weighted by Crippen LogP contribution is -2.30. The van der Waals surface area contributed by atoms with Gasteiger partial charge in [-0.25, -0.2) is 9.13 Å². The molecule has 0 heterocycles. The highest BCUT2D eigenvalue weighted by Crippen LogP contribution is 2.45. The van der Waals surface area contributed by atoms with Gasteiger partial charge in [0.05, 0.1) is 26.4 Å². The molecule has 3 N–H and O–H groups in total. The average Bonchev–Trinajstić information content (AvgIpc) is 3.69. The molecule has 0 aliphatic heterocycles. The van der Waals surface area contributed by atoms with Gasteiger partial charge in [0.25, 0.3) is 0 Å². The normalized spacial score (nSPS) is 14.1. The van der Waals surface area contributed by atoms with Crippen molar-refractivity contribution >= 4 is 39.5 Å². The van der Waals surface area contributed by atoms with Gasteiger partial charge in [-0.05, 0) is 49.4 Å². The van der Waals surface area contributed by atoms with Crippen LogP contribution >= 0.6 is 15.6 Å². The second-order valence-corrected chi connectivity index (χ2v) is 32.9. The molecule has 0 aliphatic rings. The number of ether oxygens (including phenoxy) is 4. The van der Waals surface area contributed by atoms with E-state index in [9.17, 15) is 43.2 Å². The van der Waals surface area contributed by atoms with E-state index in [4.69, 9.17) is 37.0 Å². The number of hydrogen-bond donors (Lipinski definition) is 3. The molecule has 17 nitrogen and oxygen atoms in total. The minimum absolute atomic E-state index is 0.106. The predicted octanol–water partition coefficient (Wildman–Crippen LogP) is 22.8. The average molecular weight is 1420 g/mol. The Labute approximate surface area is 594 Å². The van der Waals surface area contributed by atoms with E-state index in [1.54, 1.807) is 0 Å². The molecular formula is C78H152O17P2. The van der Waals surface area contributed by atoms with Gasteiger partial charge in [0, 0.05) is 25.7 Å². The van der Waals surface area contributed by atoms with Gasteiger partial charge in [-0.15, -0.1) is 0 Å². The Morgan fingerprint density at radius 2 is 0.433 bits per heavy atom. The molecular weight excluding hydrogens is 1270 g/mol. The number of unbranched alkanes of at least 4 members (excludes halogenated alkanes) is 41. The monoisotopic (exact) mass is 1420 g/mol. The number of carbonyl (C=O) groups excluding carboxylic acids is 4. The number of phosphoric ester groups is 2. The Morgan fingerprint density at radius 1 is 0.258 bits per heavy atom. The van der Waals surface area contributed by atoms with Crippen molar-refractivity contribution in [1.29, 1.82) is 0 Å². The topological polar surface area (TPSA) is 237 Å². The highest BCUT2D eigenvalue weighted by molar-refractivity contribution is 7.47. The van der Waals surface area contributed by atoms with E-state index in [1.807, 2.05) is 0 Å². The van der Waals surface area contributed by atoms with Gasteiger partial charge in [0.2, 0.25) is 0 Å². The summed E-state index contributed by atoms with van der Waals surface area (Å²) in [4.78, 5) is 72.8. The Kier molecular flexibility index (Phi) is 65.9. The molecule has 0 radical (unpaired) electrons. The van der Waals surface area contributed by atoms with Gasteiger partial charge >= 0.3 is 39.5 Å². The van der Waals surface area contributed by atoms with E-state index in [-0.39, 0.29) is 25.7 Å². The molecule has 576 valence electrons. The van der Waals surface area contributed by atoms with Crippen LogP contribution in [0.5, 0.6) is 0 Å². The zero-order valence-corrected chi connectivity index (χ0v) is 65.5. The first-order valence-corrected chi connectivity index (χ1v) is 43.2. The van der Waals surface area contributed by atoms with Crippen LogP contribution in [-0.2, 0) is 65.4 Å². The van der Waals surface area contributed by atoms with Crippen LogP contribution in [0.15, 0.2) is 0 Å². The zero-order chi connectivity index (χ0) is 71.7. The summed E-state index contributed by atoms with van der Waals surface area (Å²) in [5, 5.41) is 10.6. The van der Waals surface area contributed by atoms with Crippen molar-refractivity contribution < 1.29 is 80.2 Å². The van der Waals surface area contributed by atoms with Crippen LogP contribution in [0.25, 0.3) is 0 Å². The number of hydrogen-bond acceptors (Lipinski definition) is 15. The fourth-order valence-corrected chi connectivity index (χ4v) is 13.5. The molecule has 3 unspecified atom stereocenters. The molecule has 97 heavy (non-hydrogen) atoms. The van der Waals surface area contributed by atoms with Gasteiger partial charge in [-0.3, -0.25) is 37.3 Å². The van der Waals surface area contributed by atoms with E-state index in [1.165, 1.54) is 186 Å². The lowest BCUT2D eigenvalue weighted by Gasteiger charge is -2.21. The third-order valence-electron chi connectivity index (χ3n) is 18.1. The number of aliphatic hydroxyl groups is 1. The molecule has 5 atom stereocenters. The van der Waals surface area contributed by atoms with Gasteiger partial charge in [-0.2, -0.15) is 0 Å². The predicted molar refractivity (Wildman–Crippen MR) is 395 cm³/mol. The molecule has 0 spiro atoms. The summed E-state index contributed by atoms with van der Waals surface area (Å²) in [6.45, 7) is 14.2. The molecule has 0 aromatic heterocycles. The second kappa shape index (κ2) is 67.2. The van der Waals surface area contributed by atoms with Crippen LogP contribution in [0.4, 0.5) is 0 Å². The van der Waals surface area contributed by atoms with Crippen molar-refractivity contribution in [2.75, 3.05) is 39.6 Å². The van der Waals surface area contributed by atoms with Gasteiger partial charge in [0.1, 0.15) is 19.3 Å². The molecule has 0 saturated heterocycles. The SMILES string of the molecule is CC(C)CCCCCCCCCCCCCCCCCCC(=O)O[C@H](COC(=O)CCCCCCCCCC(C)C)COP(=O)(O)OCC(O)COP(=O)(O)OC[C@@H](COC(=O)CCCCCCCCCC(C)C)OC(=O)CCCCCCCCCCCCCCCCCC(C)C. The largest absolute Gasteiger partial charge is 0.472 e. The molecule has 0 aromatic carbocycles. The van der Waals surface area contributed by atoms with E-state index >= 15 is 0 Å². The maximum Gasteiger partial charge on any atom is 0.472 e. The summed E-state index contributed by atoms with van der Waals surface area (Å²) in [7, 11) is -9.92. The number of phosphoric acid groups is 2. The van der Waals surface area contributed by atoms with Crippen LogP contribution in [0, 0.1) is 23.7 Å². The standard InChI is InChI=1S/C78H152O17P2/c1-68(2)54-46-38-30-24-20-16-12-9-10-14-18-22-26-34-44-52-60-77(82)94-73(64-88-75(80)58-50-42-36-28-32-40-48-56-70(5)6)66-92-96(84,85)90-62-72(79)63-91-97(86,87)93-67-74(65-89-76(81)59-51-43-37-29-33-41-49-57-71(7)8)95-78(83)61-53-45-35-27-23-19-15-11-13-17-21-25-31-39-47-55-69(3)4/h68-74,79H,9-67H2,1-8H3,(H,84,85)(H,86,87)/t72?,73-,74-/m1/s1. The fraction of sp³-hybridized carbons (Fsp3) is 0.949. The molecule has 0 saturated carbocycles. The lowest BCUT2D eigenvalue weighted by molar-refractivity contribution is -0.161. The fourth-order valence-electron chi connectivity index (χ4n) is 11.9. The van der Waals surface area contributed by atoms with Crippen molar-refractivity contribution in [2.45, 2.75) is 414 Å². The van der Waals surface area contributed by atoms with Crippen molar-refractivity contribution in [3.8, 4) is 0 Å². The highest BCUT2D eigenvalue weighted by Gasteiger charge is 2.30. The third-order valence-corrected chi connectivity index (χ3v) is 20.0. The summed E-state index contributed by atoms with van der Waals surface area (Å²) >= 11 is 0. The van der Waals surface area contributed by atoms with E-state index in [0.717, 1.165) is 115 Å². The first-order chi connectivity index (χ1) is 46.6. The van der Waals surface area contributed by atoms with Crippen molar-refractivity contribution in [1.82, 2.24) is 0 Å². The summed E-state index contributed by atoms with van der Waals surface area (Å²) in [6.07, 6.45) is 53.0. The van der Waals surface area contributed by atoms with Crippen LogP contribution < -0.4 is 0 Å². The lowest BCUT2D eigenvalue weighted by atomic mass is 10.0. The minimum Gasteiger partial charge on any atom is -0.462 e. The number of carbonyl (C=O) groups is 4. The molecule has 19 heteroatoms. The van der Waals surface area contributed by atoms with Crippen LogP contribution in [0.1, 0.15) is 396 Å². The smallest absolute Gasteiger partial charge is 0.462 e. The molecule has 0 bridgehead atoms. The first-order valence-electron chi connectivity index (χ1n) is 40.2. The Bertz CT molecular complexity index is 1900. The molecule has 0 rings (SSSR count). The summed E-state index contributed by atoms with van der Waals surface area (Å²) < 4.78 is 68.5. The Morgan fingerprint density at radius 3 is 0.639 bits per heavy atom. The quantitative estimate of drug-likeness (QED) is 0.0222. The highest BCUT2D eigenvalue weighted by atomic mass is 31.2. The zero-order valence-electron chi connectivity index (χ0n) is 63.7. The number of rotatable bonds is 75. The Balaban J connectivity index is 5.19. The van der Waals surface area contributed by atoms with Crippen LogP contribution in [-0.4, -0.2) is 96.7 Å². The molecule has 0 aliphatic carbocycles. The van der Waals surface area contributed by atoms with Gasteiger partial charge < -0.3 is 33.8 Å². The second-order valence-electron chi connectivity index (χ2n) is 30.0.